The molecular weight excluding hydrogens is 272 g/mol. The molecule has 1 heterocycles. The van der Waals surface area contributed by atoms with E-state index < -0.39 is 0 Å². The lowest BCUT2D eigenvalue weighted by atomic mass is 9.97. The normalized spacial score (nSPS) is 16.3. The van der Waals surface area contributed by atoms with Gasteiger partial charge in [-0.25, -0.2) is 0 Å². The third-order valence-electron chi connectivity index (χ3n) is 4.40. The molecule has 22 heavy (non-hydrogen) atoms. The molecule has 1 aromatic carbocycles. The molecule has 3 rings (SSSR count). The monoisotopic (exact) mass is 294 g/mol. The molecule has 1 aliphatic carbocycles. The number of pyridine rings is 1. The number of amides is 1. The van der Waals surface area contributed by atoms with Crippen molar-refractivity contribution in [3.8, 4) is 0 Å². The summed E-state index contributed by atoms with van der Waals surface area (Å²) in [4.78, 5) is 16.1. The maximum atomic E-state index is 12.1. The summed E-state index contributed by atoms with van der Waals surface area (Å²) in [6, 6.07) is 12.6. The van der Waals surface area contributed by atoms with Crippen LogP contribution in [0.5, 0.6) is 0 Å². The lowest BCUT2D eigenvalue weighted by molar-refractivity contribution is -0.121. The summed E-state index contributed by atoms with van der Waals surface area (Å²) in [7, 11) is 0. The zero-order valence-electron chi connectivity index (χ0n) is 12.8. The SMILES string of the molecule is O=C(C[C@H]1CCc2ccccc21)NCCCc1ccncc1. The first-order valence-corrected chi connectivity index (χ1v) is 8.06. The Kier molecular flexibility index (Phi) is 4.84. The number of carbonyl (C=O) groups is 1. The van der Waals surface area contributed by atoms with Crippen molar-refractivity contribution in [3.05, 3.63) is 65.5 Å². The molecule has 0 spiro atoms. The smallest absolute Gasteiger partial charge is 0.220 e. The Balaban J connectivity index is 1.40. The lowest BCUT2D eigenvalue weighted by Gasteiger charge is -2.11. The topological polar surface area (TPSA) is 42.0 Å². The van der Waals surface area contributed by atoms with Gasteiger partial charge in [0.15, 0.2) is 0 Å². The van der Waals surface area contributed by atoms with Crippen molar-refractivity contribution in [1.82, 2.24) is 10.3 Å². The third-order valence-corrected chi connectivity index (χ3v) is 4.40. The Labute approximate surface area is 131 Å². The molecule has 1 aromatic heterocycles. The molecule has 2 aromatic rings. The van der Waals surface area contributed by atoms with Gasteiger partial charge in [0.05, 0.1) is 0 Å². The quantitative estimate of drug-likeness (QED) is 0.831. The van der Waals surface area contributed by atoms with Crippen molar-refractivity contribution < 1.29 is 4.79 Å². The fourth-order valence-corrected chi connectivity index (χ4v) is 3.22. The zero-order chi connectivity index (χ0) is 15.2. The zero-order valence-corrected chi connectivity index (χ0v) is 12.8. The second kappa shape index (κ2) is 7.21. The minimum absolute atomic E-state index is 0.177. The van der Waals surface area contributed by atoms with Gasteiger partial charge in [-0.2, -0.15) is 0 Å². The minimum atomic E-state index is 0.177. The van der Waals surface area contributed by atoms with Gasteiger partial charge in [-0.15, -0.1) is 0 Å². The van der Waals surface area contributed by atoms with Crippen LogP contribution in [-0.4, -0.2) is 17.4 Å². The van der Waals surface area contributed by atoms with Crippen LogP contribution in [0, 0.1) is 0 Å². The van der Waals surface area contributed by atoms with E-state index in [1.54, 1.807) is 0 Å². The molecule has 1 amide bonds. The number of hydrogen-bond acceptors (Lipinski definition) is 2. The first kappa shape index (κ1) is 14.8. The lowest BCUT2D eigenvalue weighted by Crippen LogP contribution is -2.26. The fourth-order valence-electron chi connectivity index (χ4n) is 3.22. The van der Waals surface area contributed by atoms with Crippen LogP contribution in [0.4, 0.5) is 0 Å². The van der Waals surface area contributed by atoms with Crippen molar-refractivity contribution in [2.45, 2.75) is 38.0 Å². The van der Waals surface area contributed by atoms with Crippen molar-refractivity contribution in [1.29, 1.82) is 0 Å². The van der Waals surface area contributed by atoms with Crippen LogP contribution in [0.3, 0.4) is 0 Å². The average Bonchev–Trinajstić information content (AvgIpc) is 2.96. The molecular formula is C19H22N2O. The number of nitrogens with zero attached hydrogens (tertiary/aromatic N) is 1. The van der Waals surface area contributed by atoms with Crippen LogP contribution in [0.25, 0.3) is 0 Å². The first-order valence-electron chi connectivity index (χ1n) is 8.06. The van der Waals surface area contributed by atoms with E-state index in [-0.39, 0.29) is 5.91 Å². The van der Waals surface area contributed by atoms with E-state index in [2.05, 4.69) is 34.6 Å². The Morgan fingerprint density at radius 2 is 2.00 bits per heavy atom. The Bertz CT molecular complexity index is 624. The van der Waals surface area contributed by atoms with Gasteiger partial charge >= 0.3 is 0 Å². The van der Waals surface area contributed by atoms with Crippen LogP contribution < -0.4 is 5.32 Å². The molecule has 0 aliphatic heterocycles. The summed E-state index contributed by atoms with van der Waals surface area (Å²) < 4.78 is 0. The number of nitrogens with one attached hydrogen (secondary N) is 1. The van der Waals surface area contributed by atoms with Crippen LogP contribution in [-0.2, 0) is 17.6 Å². The highest BCUT2D eigenvalue weighted by atomic mass is 16.1. The van der Waals surface area contributed by atoms with E-state index >= 15 is 0 Å². The van der Waals surface area contributed by atoms with Gasteiger partial charge in [-0.3, -0.25) is 9.78 Å². The average molecular weight is 294 g/mol. The number of rotatable bonds is 6. The number of benzene rings is 1. The minimum Gasteiger partial charge on any atom is -0.356 e. The van der Waals surface area contributed by atoms with Crippen LogP contribution >= 0.6 is 0 Å². The predicted octanol–water partition coefficient (Wildman–Crippen LogP) is 3.25. The summed E-state index contributed by atoms with van der Waals surface area (Å²) in [5, 5.41) is 3.06. The number of hydrogen-bond donors (Lipinski definition) is 1. The van der Waals surface area contributed by atoms with Crippen LogP contribution in [0.2, 0.25) is 0 Å². The molecule has 0 saturated heterocycles. The van der Waals surface area contributed by atoms with Gasteiger partial charge in [0.25, 0.3) is 0 Å². The molecule has 0 fully saturated rings. The first-order chi connectivity index (χ1) is 10.8. The molecule has 1 aliphatic rings. The molecule has 1 atom stereocenters. The molecule has 3 heteroatoms. The van der Waals surface area contributed by atoms with E-state index in [1.165, 1.54) is 16.7 Å². The van der Waals surface area contributed by atoms with E-state index in [1.807, 2.05) is 24.5 Å². The maximum Gasteiger partial charge on any atom is 0.220 e. The summed E-state index contributed by atoms with van der Waals surface area (Å²) in [5.74, 6) is 0.577. The van der Waals surface area contributed by atoms with E-state index in [4.69, 9.17) is 0 Å². The summed E-state index contributed by atoms with van der Waals surface area (Å²) in [6.07, 6.45) is 8.40. The molecule has 3 nitrogen and oxygen atoms in total. The van der Waals surface area contributed by atoms with Gasteiger partial charge in [0.2, 0.25) is 5.91 Å². The van der Waals surface area contributed by atoms with Crippen molar-refractivity contribution in [3.63, 3.8) is 0 Å². The Morgan fingerprint density at radius 1 is 1.18 bits per heavy atom. The maximum absolute atomic E-state index is 12.1. The molecule has 0 bridgehead atoms. The predicted molar refractivity (Wildman–Crippen MR) is 87.7 cm³/mol. The van der Waals surface area contributed by atoms with E-state index in [0.717, 1.165) is 32.2 Å². The van der Waals surface area contributed by atoms with Crippen molar-refractivity contribution in [2.75, 3.05) is 6.54 Å². The standard InChI is InChI=1S/C19H22N2O/c22-19(21-11-3-4-15-9-12-20-13-10-15)14-17-8-7-16-5-1-2-6-18(16)17/h1-2,5-6,9-10,12-13,17H,3-4,7-8,11,14H2,(H,21,22)/t17-/m1/s1. The second-order valence-corrected chi connectivity index (χ2v) is 5.95. The van der Waals surface area contributed by atoms with Crippen LogP contribution in [0.1, 0.15) is 41.9 Å². The van der Waals surface area contributed by atoms with Gasteiger partial charge in [-0.05, 0) is 60.4 Å². The third kappa shape index (κ3) is 3.73. The Hall–Kier alpha value is -2.16. The number of aromatic nitrogens is 1. The molecule has 0 saturated carbocycles. The molecule has 0 unspecified atom stereocenters. The van der Waals surface area contributed by atoms with E-state index in [9.17, 15) is 4.79 Å². The highest BCUT2D eigenvalue weighted by Crippen LogP contribution is 2.34. The second-order valence-electron chi connectivity index (χ2n) is 5.95. The van der Waals surface area contributed by atoms with Gasteiger partial charge in [-0.1, -0.05) is 24.3 Å². The molecule has 1 N–H and O–H groups in total. The van der Waals surface area contributed by atoms with Gasteiger partial charge < -0.3 is 5.32 Å². The highest BCUT2D eigenvalue weighted by molar-refractivity contribution is 5.77. The molecule has 114 valence electrons. The van der Waals surface area contributed by atoms with Crippen molar-refractivity contribution in [2.24, 2.45) is 0 Å². The fraction of sp³-hybridized carbons (Fsp3) is 0.368. The van der Waals surface area contributed by atoms with Crippen molar-refractivity contribution >= 4 is 5.91 Å². The summed E-state index contributed by atoms with van der Waals surface area (Å²) in [6.45, 7) is 0.746. The summed E-state index contributed by atoms with van der Waals surface area (Å²) in [5.41, 5.74) is 4.06. The summed E-state index contributed by atoms with van der Waals surface area (Å²) >= 11 is 0. The van der Waals surface area contributed by atoms with Crippen LogP contribution in [0.15, 0.2) is 48.8 Å². The molecule has 0 radical (unpaired) electrons. The number of carbonyl (C=O) groups excluding carboxylic acids is 1. The van der Waals surface area contributed by atoms with Gasteiger partial charge in [0.1, 0.15) is 0 Å². The van der Waals surface area contributed by atoms with Gasteiger partial charge in [0, 0.05) is 25.4 Å². The number of fused-ring (bicyclic) bond motifs is 1. The largest absolute Gasteiger partial charge is 0.356 e. The number of aryl methyl sites for hydroxylation is 2. The Morgan fingerprint density at radius 3 is 2.86 bits per heavy atom. The van der Waals surface area contributed by atoms with E-state index in [0.29, 0.717) is 12.3 Å². The highest BCUT2D eigenvalue weighted by Gasteiger charge is 2.23.